The molecule has 5 aromatic rings. The smallest absolute Gasteiger partial charge is 0.355 e. The lowest BCUT2D eigenvalue weighted by Crippen LogP contribution is -2.22. The van der Waals surface area contributed by atoms with Crippen molar-refractivity contribution in [3.8, 4) is 34.3 Å². The molecule has 7 nitrogen and oxygen atoms in total. The monoisotopic (exact) mass is 450 g/mol. The van der Waals surface area contributed by atoms with E-state index >= 15 is 0 Å². The van der Waals surface area contributed by atoms with Crippen molar-refractivity contribution in [3.05, 3.63) is 108 Å². The largest absolute Gasteiger partial charge is 0.494 e. The molecule has 3 aromatic carbocycles. The standard InChI is InChI=1S/C27H22N4O3/c1-2-33-22-15-13-21(14-16-22)28-23-17-18-31(27(32)29-23)25-24(19-9-5-3-6-10-19)34-26(30-25)20-11-7-4-8-12-20/h3-18H,2H2,1H3,(H,28,29,32). The Bertz CT molecular complexity index is 1440. The van der Waals surface area contributed by atoms with Crippen molar-refractivity contribution in [3.63, 3.8) is 0 Å². The number of ether oxygens (including phenoxy) is 1. The van der Waals surface area contributed by atoms with Gasteiger partial charge in [-0.15, -0.1) is 0 Å². The summed E-state index contributed by atoms with van der Waals surface area (Å²) in [4.78, 5) is 21.9. The Morgan fingerprint density at radius 2 is 1.53 bits per heavy atom. The second-order valence-corrected chi connectivity index (χ2v) is 7.45. The van der Waals surface area contributed by atoms with Crippen molar-refractivity contribution in [2.45, 2.75) is 6.92 Å². The van der Waals surface area contributed by atoms with E-state index in [-0.39, 0.29) is 0 Å². The summed E-state index contributed by atoms with van der Waals surface area (Å²) in [7, 11) is 0. The van der Waals surface area contributed by atoms with Gasteiger partial charge in [-0.05, 0) is 49.4 Å². The summed E-state index contributed by atoms with van der Waals surface area (Å²) in [5.74, 6) is 2.52. The first-order valence-electron chi connectivity index (χ1n) is 10.9. The highest BCUT2D eigenvalue weighted by atomic mass is 16.5. The van der Waals surface area contributed by atoms with Gasteiger partial charge >= 0.3 is 5.69 Å². The van der Waals surface area contributed by atoms with Gasteiger partial charge in [0.25, 0.3) is 0 Å². The second-order valence-electron chi connectivity index (χ2n) is 7.45. The SMILES string of the molecule is CCOc1ccc(Nc2ccn(-c3nc(-c4ccccc4)oc3-c3ccccc3)c(=O)n2)cc1. The Kier molecular flexibility index (Phi) is 5.90. The maximum Gasteiger partial charge on any atom is 0.355 e. The molecule has 0 aliphatic heterocycles. The molecule has 0 atom stereocenters. The van der Waals surface area contributed by atoms with Gasteiger partial charge < -0.3 is 14.5 Å². The van der Waals surface area contributed by atoms with E-state index in [9.17, 15) is 4.79 Å². The highest BCUT2D eigenvalue weighted by Crippen LogP contribution is 2.31. The second kappa shape index (κ2) is 9.46. The summed E-state index contributed by atoms with van der Waals surface area (Å²) in [6.45, 7) is 2.54. The van der Waals surface area contributed by atoms with Crippen LogP contribution in [0.4, 0.5) is 11.5 Å². The number of hydrogen-bond donors (Lipinski definition) is 1. The zero-order valence-electron chi connectivity index (χ0n) is 18.5. The van der Waals surface area contributed by atoms with Crippen LogP contribution in [0, 0.1) is 0 Å². The van der Waals surface area contributed by atoms with Gasteiger partial charge in [-0.2, -0.15) is 9.97 Å². The fraction of sp³-hybridized carbons (Fsp3) is 0.0741. The first kappa shape index (κ1) is 21.2. The molecule has 34 heavy (non-hydrogen) atoms. The fourth-order valence-corrected chi connectivity index (χ4v) is 3.54. The summed E-state index contributed by atoms with van der Waals surface area (Å²) in [5.41, 5.74) is 1.96. The van der Waals surface area contributed by atoms with E-state index in [4.69, 9.17) is 9.15 Å². The minimum absolute atomic E-state index is 0.384. The molecule has 2 aromatic heterocycles. The van der Waals surface area contributed by atoms with Crippen LogP contribution < -0.4 is 15.7 Å². The molecule has 0 radical (unpaired) electrons. The average Bonchev–Trinajstić information content (AvgIpc) is 3.32. The van der Waals surface area contributed by atoms with Gasteiger partial charge in [-0.3, -0.25) is 0 Å². The molecule has 0 saturated carbocycles. The first-order chi connectivity index (χ1) is 16.7. The Morgan fingerprint density at radius 3 is 2.18 bits per heavy atom. The fourth-order valence-electron chi connectivity index (χ4n) is 3.54. The summed E-state index contributed by atoms with van der Waals surface area (Å²) in [6.07, 6.45) is 1.64. The van der Waals surface area contributed by atoms with Crippen LogP contribution in [0.2, 0.25) is 0 Å². The van der Waals surface area contributed by atoms with E-state index in [2.05, 4.69) is 15.3 Å². The number of anilines is 2. The van der Waals surface area contributed by atoms with Gasteiger partial charge in [0, 0.05) is 23.0 Å². The number of nitrogens with zero attached hydrogens (tertiary/aromatic N) is 3. The van der Waals surface area contributed by atoms with Crippen LogP contribution in [0.15, 0.2) is 106 Å². The molecular formula is C27H22N4O3. The van der Waals surface area contributed by atoms with Crippen molar-refractivity contribution in [2.24, 2.45) is 0 Å². The van der Waals surface area contributed by atoms with E-state index in [1.165, 1.54) is 4.57 Å². The van der Waals surface area contributed by atoms with E-state index < -0.39 is 5.69 Å². The summed E-state index contributed by atoms with van der Waals surface area (Å²) in [6, 6.07) is 28.3. The van der Waals surface area contributed by atoms with Gasteiger partial charge in [0.05, 0.1) is 6.61 Å². The van der Waals surface area contributed by atoms with Crippen LogP contribution in [-0.2, 0) is 0 Å². The van der Waals surface area contributed by atoms with E-state index in [0.717, 1.165) is 22.6 Å². The zero-order valence-corrected chi connectivity index (χ0v) is 18.5. The maximum atomic E-state index is 13.0. The van der Waals surface area contributed by atoms with Gasteiger partial charge in [0.2, 0.25) is 5.89 Å². The molecule has 1 N–H and O–H groups in total. The number of nitrogens with one attached hydrogen (secondary N) is 1. The lowest BCUT2D eigenvalue weighted by molar-refractivity contribution is 0.340. The van der Waals surface area contributed by atoms with Crippen LogP contribution in [0.25, 0.3) is 28.6 Å². The third-order valence-corrected chi connectivity index (χ3v) is 5.14. The molecule has 0 aliphatic rings. The van der Waals surface area contributed by atoms with E-state index in [0.29, 0.717) is 29.9 Å². The van der Waals surface area contributed by atoms with Gasteiger partial charge in [0.15, 0.2) is 11.6 Å². The molecule has 0 unspecified atom stereocenters. The molecular weight excluding hydrogens is 428 g/mol. The lowest BCUT2D eigenvalue weighted by atomic mass is 10.2. The van der Waals surface area contributed by atoms with E-state index in [1.807, 2.05) is 91.9 Å². The van der Waals surface area contributed by atoms with E-state index in [1.54, 1.807) is 12.3 Å². The van der Waals surface area contributed by atoms with Crippen LogP contribution >= 0.6 is 0 Å². The average molecular weight is 450 g/mol. The van der Waals surface area contributed by atoms with Gasteiger partial charge in [-0.1, -0.05) is 48.5 Å². The molecule has 0 saturated heterocycles. The quantitative estimate of drug-likeness (QED) is 0.343. The van der Waals surface area contributed by atoms with Gasteiger partial charge in [0.1, 0.15) is 11.6 Å². The van der Waals surface area contributed by atoms with Crippen molar-refractivity contribution < 1.29 is 9.15 Å². The molecule has 0 aliphatic carbocycles. The Balaban J connectivity index is 1.50. The van der Waals surface area contributed by atoms with Crippen molar-refractivity contribution in [2.75, 3.05) is 11.9 Å². The van der Waals surface area contributed by atoms with Crippen LogP contribution in [0.1, 0.15) is 6.92 Å². The van der Waals surface area contributed by atoms with Crippen LogP contribution in [0.3, 0.4) is 0 Å². The Morgan fingerprint density at radius 1 is 0.853 bits per heavy atom. The number of oxazole rings is 1. The molecule has 7 heteroatoms. The molecule has 2 heterocycles. The van der Waals surface area contributed by atoms with Crippen molar-refractivity contribution in [1.29, 1.82) is 0 Å². The highest BCUT2D eigenvalue weighted by Gasteiger charge is 2.19. The molecule has 0 fully saturated rings. The first-order valence-corrected chi connectivity index (χ1v) is 10.9. The minimum atomic E-state index is -0.471. The van der Waals surface area contributed by atoms with Crippen molar-refractivity contribution >= 4 is 11.5 Å². The molecule has 0 bridgehead atoms. The minimum Gasteiger partial charge on any atom is -0.494 e. The van der Waals surface area contributed by atoms with Gasteiger partial charge in [-0.25, -0.2) is 9.36 Å². The lowest BCUT2D eigenvalue weighted by Gasteiger charge is -2.08. The van der Waals surface area contributed by atoms with Crippen LogP contribution in [0.5, 0.6) is 5.75 Å². The number of benzene rings is 3. The van der Waals surface area contributed by atoms with Crippen molar-refractivity contribution in [1.82, 2.24) is 14.5 Å². The third kappa shape index (κ3) is 4.45. The molecule has 0 amide bonds. The summed E-state index contributed by atoms with van der Waals surface area (Å²) >= 11 is 0. The predicted octanol–water partition coefficient (Wildman–Crippen LogP) is 5.70. The summed E-state index contributed by atoms with van der Waals surface area (Å²) < 4.78 is 13.0. The number of aromatic nitrogens is 3. The Labute approximate surface area is 196 Å². The normalized spacial score (nSPS) is 10.7. The topological polar surface area (TPSA) is 82.2 Å². The van der Waals surface area contributed by atoms with Crippen LogP contribution in [-0.4, -0.2) is 21.1 Å². The molecule has 0 spiro atoms. The summed E-state index contributed by atoms with van der Waals surface area (Å²) in [5, 5.41) is 3.15. The Hall–Kier alpha value is -4.65. The molecule has 5 rings (SSSR count). The number of rotatable bonds is 7. The molecule has 168 valence electrons. The third-order valence-electron chi connectivity index (χ3n) is 5.14. The highest BCUT2D eigenvalue weighted by molar-refractivity contribution is 5.69. The predicted molar refractivity (Wildman–Crippen MR) is 132 cm³/mol. The maximum absolute atomic E-state index is 13.0. The zero-order chi connectivity index (χ0) is 23.3. The number of hydrogen-bond acceptors (Lipinski definition) is 6.